The van der Waals surface area contributed by atoms with Gasteiger partial charge in [-0.05, 0) is 31.1 Å². The summed E-state index contributed by atoms with van der Waals surface area (Å²) in [4.78, 5) is 9.26. The Labute approximate surface area is 123 Å². The molecule has 2 aliphatic carbocycles. The zero-order valence-electron chi connectivity index (χ0n) is 11.5. The van der Waals surface area contributed by atoms with E-state index in [0.29, 0.717) is 11.1 Å². The van der Waals surface area contributed by atoms with Crippen molar-refractivity contribution in [3.05, 3.63) is 29.4 Å². The normalized spacial score (nSPS) is 28.2. The van der Waals surface area contributed by atoms with Crippen molar-refractivity contribution < 1.29 is 0 Å². The second kappa shape index (κ2) is 4.55. The van der Waals surface area contributed by atoms with E-state index in [2.05, 4.69) is 10.1 Å². The van der Waals surface area contributed by atoms with Crippen LogP contribution < -0.4 is 0 Å². The van der Waals surface area contributed by atoms with E-state index in [1.54, 1.807) is 4.68 Å². The number of rotatable bonds is 2. The lowest BCUT2D eigenvalue weighted by atomic mass is 9.88. The maximum absolute atomic E-state index is 6.21. The second-order valence-corrected chi connectivity index (χ2v) is 6.51. The Morgan fingerprint density at radius 2 is 2.15 bits per heavy atom. The molecule has 2 fully saturated rings. The Balaban J connectivity index is 1.72. The maximum atomic E-state index is 6.21. The summed E-state index contributed by atoms with van der Waals surface area (Å²) < 4.78 is 1.78. The van der Waals surface area contributed by atoms with Crippen LogP contribution in [-0.4, -0.2) is 19.7 Å². The number of hydrogen-bond acceptors (Lipinski definition) is 3. The minimum Gasteiger partial charge on any atom is -0.275 e. The predicted octanol–water partition coefficient (Wildman–Crippen LogP) is 3.43. The molecule has 2 aliphatic rings. The maximum Gasteiger partial charge on any atom is 0.134 e. The summed E-state index contributed by atoms with van der Waals surface area (Å²) in [6.07, 6.45) is 9.08. The number of aromatic nitrogens is 4. The van der Waals surface area contributed by atoms with Gasteiger partial charge in [-0.3, -0.25) is 4.68 Å². The highest BCUT2D eigenvalue weighted by atomic mass is 35.5. The Bertz CT molecular complexity index is 651. The van der Waals surface area contributed by atoms with Crippen molar-refractivity contribution in [2.75, 3.05) is 0 Å². The highest BCUT2D eigenvalue weighted by Crippen LogP contribution is 2.52. The fraction of sp³-hybridized carbons (Fsp3) is 0.533. The summed E-state index contributed by atoms with van der Waals surface area (Å²) in [6, 6.07) is 1.83. The minimum absolute atomic E-state index is 0.503. The number of halogens is 1. The van der Waals surface area contributed by atoms with Crippen molar-refractivity contribution in [2.24, 2.45) is 18.9 Å². The first kappa shape index (κ1) is 12.3. The quantitative estimate of drug-likeness (QED) is 0.795. The van der Waals surface area contributed by atoms with E-state index in [0.717, 1.165) is 28.9 Å². The average Bonchev–Trinajstić information content (AvgIpc) is 3.13. The molecule has 0 aliphatic heterocycles. The van der Waals surface area contributed by atoms with Crippen molar-refractivity contribution >= 4 is 11.6 Å². The van der Waals surface area contributed by atoms with Gasteiger partial charge in [-0.1, -0.05) is 18.0 Å². The van der Waals surface area contributed by atoms with Gasteiger partial charge in [0.2, 0.25) is 0 Å². The first-order valence-corrected chi connectivity index (χ1v) is 7.60. The van der Waals surface area contributed by atoms with Crippen LogP contribution in [0.4, 0.5) is 0 Å². The Kier molecular flexibility index (Phi) is 2.81. The monoisotopic (exact) mass is 288 g/mol. The molecule has 2 aromatic heterocycles. The van der Waals surface area contributed by atoms with E-state index in [1.165, 1.54) is 25.7 Å². The van der Waals surface area contributed by atoms with E-state index in [4.69, 9.17) is 16.6 Å². The van der Waals surface area contributed by atoms with Crippen molar-refractivity contribution in [3.8, 4) is 11.3 Å². The summed E-state index contributed by atoms with van der Waals surface area (Å²) in [5, 5.41) is 4.74. The third-order valence-corrected chi connectivity index (χ3v) is 4.98. The topological polar surface area (TPSA) is 43.6 Å². The van der Waals surface area contributed by atoms with Crippen LogP contribution in [0.1, 0.15) is 37.4 Å². The third kappa shape index (κ3) is 2.03. The molecule has 0 radical (unpaired) electrons. The van der Waals surface area contributed by atoms with Crippen molar-refractivity contribution in [1.82, 2.24) is 19.7 Å². The zero-order valence-corrected chi connectivity index (χ0v) is 12.2. The molecular weight excluding hydrogens is 272 g/mol. The molecule has 3 atom stereocenters. The predicted molar refractivity (Wildman–Crippen MR) is 77.4 cm³/mol. The Hall–Kier alpha value is -1.42. The molecule has 2 bridgehead atoms. The minimum atomic E-state index is 0.503. The fourth-order valence-corrected chi connectivity index (χ4v) is 4.05. The zero-order chi connectivity index (χ0) is 13.7. The highest BCUT2D eigenvalue weighted by molar-refractivity contribution is 6.29. The Morgan fingerprint density at radius 1 is 1.25 bits per heavy atom. The number of fused-ring (bicyclic) bond motifs is 2. The van der Waals surface area contributed by atoms with Crippen LogP contribution in [0.5, 0.6) is 0 Å². The molecule has 5 heteroatoms. The summed E-state index contributed by atoms with van der Waals surface area (Å²) in [5.74, 6) is 3.08. The molecule has 2 aromatic rings. The van der Waals surface area contributed by atoms with E-state index in [-0.39, 0.29) is 0 Å². The fourth-order valence-electron chi connectivity index (χ4n) is 3.86. The SMILES string of the molecule is Cn1cc(-c2cc(Cl)nc(C3CC4CCC3C4)n2)cn1. The van der Waals surface area contributed by atoms with Gasteiger partial charge in [0.1, 0.15) is 11.0 Å². The van der Waals surface area contributed by atoms with E-state index in [9.17, 15) is 0 Å². The molecular formula is C15H17ClN4. The average molecular weight is 289 g/mol. The van der Waals surface area contributed by atoms with Crippen LogP contribution >= 0.6 is 11.6 Å². The van der Waals surface area contributed by atoms with E-state index in [1.807, 2.05) is 25.5 Å². The van der Waals surface area contributed by atoms with Crippen LogP contribution in [0.15, 0.2) is 18.5 Å². The number of nitrogens with zero attached hydrogens (tertiary/aromatic N) is 4. The van der Waals surface area contributed by atoms with Crippen molar-refractivity contribution in [3.63, 3.8) is 0 Å². The first-order chi connectivity index (χ1) is 9.69. The smallest absolute Gasteiger partial charge is 0.134 e. The molecule has 0 saturated heterocycles. The van der Waals surface area contributed by atoms with Gasteiger partial charge >= 0.3 is 0 Å². The van der Waals surface area contributed by atoms with Crippen LogP contribution in [0, 0.1) is 11.8 Å². The third-order valence-electron chi connectivity index (χ3n) is 4.78. The van der Waals surface area contributed by atoms with Crippen molar-refractivity contribution in [2.45, 2.75) is 31.6 Å². The first-order valence-electron chi connectivity index (χ1n) is 7.22. The van der Waals surface area contributed by atoms with Gasteiger partial charge in [0.05, 0.1) is 11.9 Å². The standard InChI is InChI=1S/C15H17ClN4/c1-20-8-11(7-17-20)13-6-14(16)19-15(18-13)12-5-9-2-3-10(12)4-9/h6-10,12H,2-5H2,1H3. The summed E-state index contributed by atoms with van der Waals surface area (Å²) in [6.45, 7) is 0. The van der Waals surface area contributed by atoms with Gasteiger partial charge in [0.15, 0.2) is 0 Å². The lowest BCUT2D eigenvalue weighted by Crippen LogP contribution is -2.12. The van der Waals surface area contributed by atoms with Gasteiger partial charge in [-0.2, -0.15) is 5.10 Å². The van der Waals surface area contributed by atoms with E-state index < -0.39 is 0 Å². The van der Waals surface area contributed by atoms with Gasteiger partial charge in [-0.15, -0.1) is 0 Å². The van der Waals surface area contributed by atoms with Crippen LogP contribution in [-0.2, 0) is 7.05 Å². The molecule has 2 heterocycles. The number of hydrogen-bond donors (Lipinski definition) is 0. The number of aryl methyl sites for hydroxylation is 1. The molecule has 104 valence electrons. The van der Waals surface area contributed by atoms with Crippen LogP contribution in [0.2, 0.25) is 5.15 Å². The van der Waals surface area contributed by atoms with Gasteiger partial charge in [0.25, 0.3) is 0 Å². The van der Waals surface area contributed by atoms with Crippen LogP contribution in [0.3, 0.4) is 0 Å². The Morgan fingerprint density at radius 3 is 2.80 bits per heavy atom. The molecule has 4 nitrogen and oxygen atoms in total. The molecule has 20 heavy (non-hydrogen) atoms. The lowest BCUT2D eigenvalue weighted by Gasteiger charge is -2.20. The van der Waals surface area contributed by atoms with E-state index >= 15 is 0 Å². The summed E-state index contributed by atoms with van der Waals surface area (Å²) >= 11 is 6.21. The molecule has 0 aromatic carbocycles. The molecule has 0 N–H and O–H groups in total. The highest BCUT2D eigenvalue weighted by Gasteiger charge is 2.41. The second-order valence-electron chi connectivity index (χ2n) is 6.12. The molecule has 3 unspecified atom stereocenters. The molecule has 0 spiro atoms. The summed E-state index contributed by atoms with van der Waals surface area (Å²) in [5.41, 5.74) is 1.89. The van der Waals surface area contributed by atoms with Gasteiger partial charge in [0, 0.05) is 30.8 Å². The van der Waals surface area contributed by atoms with Crippen LogP contribution in [0.25, 0.3) is 11.3 Å². The largest absolute Gasteiger partial charge is 0.275 e. The summed E-state index contributed by atoms with van der Waals surface area (Å²) in [7, 11) is 1.91. The molecule has 2 saturated carbocycles. The van der Waals surface area contributed by atoms with Crippen molar-refractivity contribution in [1.29, 1.82) is 0 Å². The van der Waals surface area contributed by atoms with Gasteiger partial charge in [-0.25, -0.2) is 9.97 Å². The lowest BCUT2D eigenvalue weighted by molar-refractivity contribution is 0.405. The molecule has 4 rings (SSSR count). The van der Waals surface area contributed by atoms with Gasteiger partial charge < -0.3 is 0 Å². The molecule has 0 amide bonds.